The van der Waals surface area contributed by atoms with Crippen molar-refractivity contribution in [3.05, 3.63) is 95.6 Å². The maximum atomic E-state index is 12.9. The molecule has 0 aliphatic carbocycles. The van der Waals surface area contributed by atoms with Gasteiger partial charge in [-0.2, -0.15) is 0 Å². The molecular weight excluding hydrogens is 450 g/mol. The Hall–Kier alpha value is -3.86. The molecule has 1 aliphatic rings. The summed E-state index contributed by atoms with van der Waals surface area (Å²) in [5.41, 5.74) is 3.74. The molecule has 3 aromatic rings. The molecule has 0 radical (unpaired) electrons. The molecule has 5 heteroatoms. The fourth-order valence-electron chi connectivity index (χ4n) is 4.31. The molecule has 1 amide bonds. The van der Waals surface area contributed by atoms with E-state index in [0.29, 0.717) is 29.6 Å². The number of ether oxygens (including phenoxy) is 2. The minimum absolute atomic E-state index is 0.196. The molecule has 0 saturated carbocycles. The molecule has 5 nitrogen and oxygen atoms in total. The highest BCUT2D eigenvalue weighted by molar-refractivity contribution is 6.36. The van der Waals surface area contributed by atoms with Crippen LogP contribution in [0.2, 0.25) is 0 Å². The van der Waals surface area contributed by atoms with Gasteiger partial charge in [-0.05, 0) is 36.1 Å². The average molecular weight is 484 g/mol. The van der Waals surface area contributed by atoms with Crippen LogP contribution < -0.4 is 10.1 Å². The summed E-state index contributed by atoms with van der Waals surface area (Å²) < 4.78 is 11.8. The van der Waals surface area contributed by atoms with E-state index in [2.05, 4.69) is 19.2 Å². The average Bonchev–Trinajstić information content (AvgIpc) is 3.24. The highest BCUT2D eigenvalue weighted by atomic mass is 16.5. The Morgan fingerprint density at radius 2 is 1.64 bits per heavy atom. The summed E-state index contributed by atoms with van der Waals surface area (Å²) in [4.78, 5) is 25.3. The summed E-state index contributed by atoms with van der Waals surface area (Å²) in [6.07, 6.45) is 4.63. The maximum Gasteiger partial charge on any atom is 0.310 e. The van der Waals surface area contributed by atoms with E-state index in [1.54, 1.807) is 0 Å². The first kappa shape index (κ1) is 25.2. The van der Waals surface area contributed by atoms with Gasteiger partial charge in [-0.1, -0.05) is 93.8 Å². The second-order valence-electron chi connectivity index (χ2n) is 9.09. The van der Waals surface area contributed by atoms with Crippen molar-refractivity contribution in [2.75, 3.05) is 11.9 Å². The van der Waals surface area contributed by atoms with E-state index in [1.165, 1.54) is 0 Å². The molecule has 186 valence electrons. The number of hydrogen-bond acceptors (Lipinski definition) is 4. The largest absolute Gasteiger partial charge is 0.465 e. The van der Waals surface area contributed by atoms with Crippen LogP contribution in [0.25, 0.3) is 11.3 Å². The predicted molar refractivity (Wildman–Crippen MR) is 143 cm³/mol. The Morgan fingerprint density at radius 1 is 0.917 bits per heavy atom. The maximum absolute atomic E-state index is 12.9. The monoisotopic (exact) mass is 483 g/mol. The number of anilines is 1. The topological polar surface area (TPSA) is 64.6 Å². The third-order valence-corrected chi connectivity index (χ3v) is 6.45. The van der Waals surface area contributed by atoms with Crippen LogP contribution in [0.1, 0.15) is 56.2 Å². The van der Waals surface area contributed by atoms with Crippen molar-refractivity contribution in [3.63, 3.8) is 0 Å². The lowest BCUT2D eigenvalue weighted by Gasteiger charge is -2.15. The Bertz CT molecular complexity index is 1210. The van der Waals surface area contributed by atoms with E-state index in [0.717, 1.165) is 48.1 Å². The molecule has 4 rings (SSSR count). The number of rotatable bonds is 11. The molecule has 0 fully saturated rings. The molecule has 0 saturated heterocycles. The summed E-state index contributed by atoms with van der Waals surface area (Å²) in [5, 5.41) is 2.92. The van der Waals surface area contributed by atoms with Crippen LogP contribution in [-0.2, 0) is 20.7 Å². The number of unbranched alkanes of at least 4 members (excludes halogenated alkanes) is 1. The Labute approximate surface area is 213 Å². The Balaban J connectivity index is 1.49. The third-order valence-electron chi connectivity index (χ3n) is 6.45. The first-order chi connectivity index (χ1) is 17.6. The zero-order valence-electron chi connectivity index (χ0n) is 21.0. The van der Waals surface area contributed by atoms with Gasteiger partial charge in [-0.15, -0.1) is 0 Å². The standard InChI is InChI=1S/C31H33NO4/c1-3-5-11-22(4-2)21-35-28(33)20-23-16-18-25(19-17-23)36-30(24-12-7-6-8-13-24)29-26-14-9-10-15-27(26)32-31(29)34/h6-10,12-19,22H,3-5,11,20-21H2,1-2H3,(H,32,34)/b30-29+/t22-/m0/s1. The summed E-state index contributed by atoms with van der Waals surface area (Å²) in [7, 11) is 0. The number of fused-ring (bicyclic) bond motifs is 1. The van der Waals surface area contributed by atoms with E-state index in [9.17, 15) is 9.59 Å². The fourth-order valence-corrected chi connectivity index (χ4v) is 4.31. The molecular formula is C31H33NO4. The number of carbonyl (C=O) groups excluding carboxylic acids is 2. The lowest BCUT2D eigenvalue weighted by molar-refractivity contribution is -0.144. The van der Waals surface area contributed by atoms with Gasteiger partial charge >= 0.3 is 5.97 Å². The zero-order valence-corrected chi connectivity index (χ0v) is 21.0. The van der Waals surface area contributed by atoms with Crippen LogP contribution >= 0.6 is 0 Å². The van der Waals surface area contributed by atoms with Crippen LogP contribution in [0.5, 0.6) is 5.75 Å². The molecule has 1 N–H and O–H groups in total. The van der Waals surface area contributed by atoms with Crippen molar-refractivity contribution >= 4 is 28.9 Å². The summed E-state index contributed by atoms with van der Waals surface area (Å²) in [6.45, 7) is 4.79. The normalized spacial score (nSPS) is 14.6. The van der Waals surface area contributed by atoms with Gasteiger partial charge in [0.2, 0.25) is 0 Å². The van der Waals surface area contributed by atoms with Gasteiger partial charge in [0.25, 0.3) is 5.91 Å². The van der Waals surface area contributed by atoms with Crippen molar-refractivity contribution in [3.8, 4) is 5.75 Å². The van der Waals surface area contributed by atoms with Crippen LogP contribution in [0.15, 0.2) is 78.9 Å². The predicted octanol–water partition coefficient (Wildman–Crippen LogP) is 6.89. The molecule has 1 aliphatic heterocycles. The Kier molecular flexibility index (Phi) is 8.56. The van der Waals surface area contributed by atoms with Gasteiger partial charge in [0.15, 0.2) is 0 Å². The third kappa shape index (κ3) is 6.22. The van der Waals surface area contributed by atoms with E-state index in [1.807, 2.05) is 78.9 Å². The summed E-state index contributed by atoms with van der Waals surface area (Å²) in [5.74, 6) is 1.08. The quantitative estimate of drug-likeness (QED) is 0.183. The van der Waals surface area contributed by atoms with Gasteiger partial charge in [0.05, 0.1) is 18.6 Å². The second kappa shape index (κ2) is 12.2. The molecule has 0 unspecified atom stereocenters. The van der Waals surface area contributed by atoms with Crippen molar-refractivity contribution in [2.45, 2.75) is 46.0 Å². The lowest BCUT2D eigenvalue weighted by atomic mass is 10.0. The van der Waals surface area contributed by atoms with E-state index < -0.39 is 0 Å². The Morgan fingerprint density at radius 3 is 2.36 bits per heavy atom. The van der Waals surface area contributed by atoms with Gasteiger partial charge in [-0.25, -0.2) is 0 Å². The van der Waals surface area contributed by atoms with E-state index in [4.69, 9.17) is 9.47 Å². The molecule has 0 aromatic heterocycles. The van der Waals surface area contributed by atoms with Crippen LogP contribution in [-0.4, -0.2) is 18.5 Å². The molecule has 3 aromatic carbocycles. The molecule has 0 spiro atoms. The number of hydrogen-bond donors (Lipinski definition) is 1. The number of carbonyl (C=O) groups is 2. The van der Waals surface area contributed by atoms with Crippen molar-refractivity contribution < 1.29 is 19.1 Å². The minimum Gasteiger partial charge on any atom is -0.465 e. The molecule has 36 heavy (non-hydrogen) atoms. The zero-order chi connectivity index (χ0) is 25.3. The van der Waals surface area contributed by atoms with Crippen LogP contribution in [0.3, 0.4) is 0 Å². The lowest BCUT2D eigenvalue weighted by Crippen LogP contribution is -2.15. The number of nitrogens with one attached hydrogen (secondary N) is 1. The fraction of sp³-hybridized carbons (Fsp3) is 0.290. The highest BCUT2D eigenvalue weighted by Gasteiger charge is 2.29. The van der Waals surface area contributed by atoms with Gasteiger partial charge < -0.3 is 14.8 Å². The summed E-state index contributed by atoms with van der Waals surface area (Å²) in [6, 6.07) is 24.5. The molecule has 0 bridgehead atoms. The minimum atomic E-state index is -0.218. The smallest absolute Gasteiger partial charge is 0.310 e. The van der Waals surface area contributed by atoms with Gasteiger partial charge in [0, 0.05) is 16.8 Å². The second-order valence-corrected chi connectivity index (χ2v) is 9.09. The first-order valence-corrected chi connectivity index (χ1v) is 12.7. The highest BCUT2D eigenvalue weighted by Crippen LogP contribution is 2.37. The van der Waals surface area contributed by atoms with Crippen molar-refractivity contribution in [1.82, 2.24) is 0 Å². The molecule has 1 heterocycles. The van der Waals surface area contributed by atoms with Crippen molar-refractivity contribution in [2.24, 2.45) is 5.92 Å². The first-order valence-electron chi connectivity index (χ1n) is 12.7. The number of para-hydroxylation sites is 1. The number of benzene rings is 3. The van der Waals surface area contributed by atoms with Crippen molar-refractivity contribution in [1.29, 1.82) is 0 Å². The van der Waals surface area contributed by atoms with Crippen LogP contribution in [0.4, 0.5) is 5.69 Å². The van der Waals surface area contributed by atoms with E-state index >= 15 is 0 Å². The SMILES string of the molecule is CCCC[C@H](CC)COC(=O)Cc1ccc(O/C(=C2/C(=O)Nc3ccccc32)c2ccccc2)cc1. The summed E-state index contributed by atoms with van der Waals surface area (Å²) >= 11 is 0. The van der Waals surface area contributed by atoms with Gasteiger partial charge in [-0.3, -0.25) is 9.59 Å². The number of amides is 1. The number of esters is 1. The molecule has 1 atom stereocenters. The van der Waals surface area contributed by atoms with E-state index in [-0.39, 0.29) is 18.3 Å². The van der Waals surface area contributed by atoms with Gasteiger partial charge in [0.1, 0.15) is 11.5 Å². The van der Waals surface area contributed by atoms with Crippen LogP contribution in [0, 0.1) is 5.92 Å².